The van der Waals surface area contributed by atoms with Crippen molar-refractivity contribution in [2.24, 2.45) is 0 Å². The molecule has 94 valence electrons. The third-order valence-corrected chi connectivity index (χ3v) is 3.92. The minimum atomic E-state index is 0.544. The number of likely N-dealkylation sites (tertiary alicyclic amines) is 1. The highest BCUT2D eigenvalue weighted by atomic mass is 16.5. The Bertz CT molecular complexity index is 198. The second-order valence-electron chi connectivity index (χ2n) is 5.27. The number of hydrogen-bond acceptors (Lipinski definition) is 3. The highest BCUT2D eigenvalue weighted by Gasteiger charge is 2.31. The van der Waals surface area contributed by atoms with E-state index in [0.717, 1.165) is 25.1 Å². The first-order chi connectivity index (χ1) is 7.83. The third kappa shape index (κ3) is 3.44. The Morgan fingerprint density at radius 3 is 2.44 bits per heavy atom. The van der Waals surface area contributed by atoms with Gasteiger partial charge in [0.2, 0.25) is 0 Å². The fraction of sp³-hybridized carbons (Fsp3) is 1.00. The van der Waals surface area contributed by atoms with E-state index in [4.69, 9.17) is 4.74 Å². The predicted octanol–water partition coefficient (Wildman–Crippen LogP) is 1.63. The van der Waals surface area contributed by atoms with Crippen LogP contribution in [0.5, 0.6) is 0 Å². The minimum absolute atomic E-state index is 0.544. The Hall–Kier alpha value is -0.120. The number of nitrogens with zero attached hydrogens (tertiary/aromatic N) is 1. The van der Waals surface area contributed by atoms with Crippen molar-refractivity contribution in [1.82, 2.24) is 10.2 Å². The summed E-state index contributed by atoms with van der Waals surface area (Å²) in [5.41, 5.74) is 0. The number of piperidine rings is 1. The molecule has 0 aromatic carbocycles. The third-order valence-electron chi connectivity index (χ3n) is 3.92. The largest absolute Gasteiger partial charge is 0.383 e. The number of nitrogens with one attached hydrogen (secondary N) is 1. The highest BCUT2D eigenvalue weighted by Crippen LogP contribution is 2.29. The first-order valence-electron chi connectivity index (χ1n) is 6.82. The molecule has 2 rings (SSSR count). The lowest BCUT2D eigenvalue weighted by atomic mass is 10.0. The predicted molar refractivity (Wildman–Crippen MR) is 66.7 cm³/mol. The molecule has 1 aliphatic heterocycles. The van der Waals surface area contributed by atoms with Crippen LogP contribution in [0.2, 0.25) is 0 Å². The van der Waals surface area contributed by atoms with Gasteiger partial charge in [0.15, 0.2) is 0 Å². The van der Waals surface area contributed by atoms with Gasteiger partial charge in [0.1, 0.15) is 0 Å². The second kappa shape index (κ2) is 5.99. The lowest BCUT2D eigenvalue weighted by Gasteiger charge is -2.34. The van der Waals surface area contributed by atoms with Crippen LogP contribution in [-0.2, 0) is 4.74 Å². The van der Waals surface area contributed by atoms with Gasteiger partial charge in [-0.3, -0.25) is 0 Å². The zero-order valence-corrected chi connectivity index (χ0v) is 10.7. The van der Waals surface area contributed by atoms with E-state index in [1.54, 1.807) is 7.11 Å². The molecule has 1 saturated heterocycles. The normalized spacial score (nSPS) is 25.9. The molecule has 1 aliphatic carbocycles. The Balaban J connectivity index is 1.67. The summed E-state index contributed by atoms with van der Waals surface area (Å²) < 4.78 is 5.23. The molecule has 1 unspecified atom stereocenters. The fourth-order valence-corrected chi connectivity index (χ4v) is 2.69. The Morgan fingerprint density at radius 2 is 1.94 bits per heavy atom. The molecule has 16 heavy (non-hydrogen) atoms. The molecule has 2 fully saturated rings. The van der Waals surface area contributed by atoms with E-state index in [9.17, 15) is 0 Å². The number of rotatable bonds is 6. The van der Waals surface area contributed by atoms with Crippen LogP contribution in [0.1, 0.15) is 39.0 Å². The van der Waals surface area contributed by atoms with Gasteiger partial charge in [-0.2, -0.15) is 0 Å². The lowest BCUT2D eigenvalue weighted by molar-refractivity contribution is 0.138. The highest BCUT2D eigenvalue weighted by molar-refractivity contribution is 4.89. The summed E-state index contributed by atoms with van der Waals surface area (Å²) in [5, 5.41) is 3.73. The summed E-state index contributed by atoms with van der Waals surface area (Å²) in [4.78, 5) is 2.68. The molecule has 1 saturated carbocycles. The van der Waals surface area contributed by atoms with Crippen molar-refractivity contribution >= 4 is 0 Å². The fourth-order valence-electron chi connectivity index (χ4n) is 2.69. The summed E-state index contributed by atoms with van der Waals surface area (Å²) in [6.45, 7) is 5.67. The van der Waals surface area contributed by atoms with Gasteiger partial charge in [-0.05, 0) is 45.2 Å². The molecule has 1 atom stereocenters. The maximum absolute atomic E-state index is 5.23. The van der Waals surface area contributed by atoms with E-state index in [1.807, 2.05) is 0 Å². The van der Waals surface area contributed by atoms with Gasteiger partial charge in [0.25, 0.3) is 0 Å². The van der Waals surface area contributed by atoms with Crippen LogP contribution in [0.25, 0.3) is 0 Å². The molecule has 0 aromatic rings. The maximum Gasteiger partial charge on any atom is 0.0615 e. The Morgan fingerprint density at radius 1 is 1.25 bits per heavy atom. The second-order valence-corrected chi connectivity index (χ2v) is 5.27. The van der Waals surface area contributed by atoms with Gasteiger partial charge in [0.05, 0.1) is 6.61 Å². The first kappa shape index (κ1) is 12.3. The first-order valence-corrected chi connectivity index (χ1v) is 6.82. The average molecular weight is 226 g/mol. The van der Waals surface area contributed by atoms with Crippen LogP contribution in [0.3, 0.4) is 0 Å². The summed E-state index contributed by atoms with van der Waals surface area (Å²) >= 11 is 0. The molecular weight excluding hydrogens is 200 g/mol. The van der Waals surface area contributed by atoms with Gasteiger partial charge in [-0.15, -0.1) is 0 Å². The quantitative estimate of drug-likeness (QED) is 0.745. The van der Waals surface area contributed by atoms with Crippen molar-refractivity contribution in [2.45, 2.75) is 57.2 Å². The molecule has 3 nitrogen and oxygen atoms in total. The molecule has 0 radical (unpaired) electrons. The topological polar surface area (TPSA) is 24.5 Å². The van der Waals surface area contributed by atoms with Crippen molar-refractivity contribution in [3.63, 3.8) is 0 Å². The summed E-state index contributed by atoms with van der Waals surface area (Å²) in [6.07, 6.45) is 6.68. The van der Waals surface area contributed by atoms with Crippen molar-refractivity contribution in [1.29, 1.82) is 0 Å². The van der Waals surface area contributed by atoms with Crippen molar-refractivity contribution < 1.29 is 4.74 Å². The molecule has 1 heterocycles. The number of methoxy groups -OCH3 is 1. The van der Waals surface area contributed by atoms with Crippen molar-refractivity contribution in [3.05, 3.63) is 0 Å². The molecule has 0 spiro atoms. The average Bonchev–Trinajstić information content (AvgIpc) is 3.13. The van der Waals surface area contributed by atoms with Gasteiger partial charge >= 0.3 is 0 Å². The van der Waals surface area contributed by atoms with E-state index < -0.39 is 0 Å². The van der Waals surface area contributed by atoms with E-state index in [-0.39, 0.29) is 0 Å². The Kier molecular flexibility index (Phi) is 4.62. The molecule has 3 heteroatoms. The number of hydrogen-bond donors (Lipinski definition) is 1. The monoisotopic (exact) mass is 226 g/mol. The van der Waals surface area contributed by atoms with Crippen LogP contribution in [0.4, 0.5) is 0 Å². The Labute approximate surface area is 99.5 Å². The SMILES string of the molecule is CCC(COC)NC1CCN(C2CC2)CC1. The minimum Gasteiger partial charge on any atom is -0.383 e. The van der Waals surface area contributed by atoms with Gasteiger partial charge in [-0.25, -0.2) is 0 Å². The molecule has 0 aromatic heterocycles. The summed E-state index contributed by atoms with van der Waals surface area (Å²) in [5.74, 6) is 0. The molecule has 0 bridgehead atoms. The van der Waals surface area contributed by atoms with Crippen LogP contribution < -0.4 is 5.32 Å². The number of ether oxygens (including phenoxy) is 1. The van der Waals surface area contributed by atoms with Gasteiger partial charge < -0.3 is 15.0 Å². The van der Waals surface area contributed by atoms with Crippen molar-refractivity contribution in [3.8, 4) is 0 Å². The van der Waals surface area contributed by atoms with Crippen LogP contribution in [0, 0.1) is 0 Å². The molecule has 2 aliphatic rings. The smallest absolute Gasteiger partial charge is 0.0615 e. The summed E-state index contributed by atoms with van der Waals surface area (Å²) in [7, 11) is 1.79. The van der Waals surface area contributed by atoms with Crippen molar-refractivity contribution in [2.75, 3.05) is 26.8 Å². The summed E-state index contributed by atoms with van der Waals surface area (Å²) in [6, 6.07) is 2.21. The lowest BCUT2D eigenvalue weighted by Crippen LogP contribution is -2.47. The van der Waals surface area contributed by atoms with Gasteiger partial charge in [-0.1, -0.05) is 6.92 Å². The van der Waals surface area contributed by atoms with E-state index in [0.29, 0.717) is 6.04 Å². The van der Waals surface area contributed by atoms with E-state index in [1.165, 1.54) is 38.8 Å². The zero-order valence-electron chi connectivity index (χ0n) is 10.7. The zero-order chi connectivity index (χ0) is 11.4. The van der Waals surface area contributed by atoms with Crippen LogP contribution in [-0.4, -0.2) is 49.8 Å². The van der Waals surface area contributed by atoms with Crippen LogP contribution in [0.15, 0.2) is 0 Å². The molecule has 1 N–H and O–H groups in total. The van der Waals surface area contributed by atoms with Crippen LogP contribution >= 0.6 is 0 Å². The molecule has 0 amide bonds. The van der Waals surface area contributed by atoms with E-state index >= 15 is 0 Å². The maximum atomic E-state index is 5.23. The van der Waals surface area contributed by atoms with Gasteiger partial charge in [0, 0.05) is 25.2 Å². The standard InChI is InChI=1S/C13H26N2O/c1-3-11(10-16-2)14-12-6-8-15(9-7-12)13-4-5-13/h11-14H,3-10H2,1-2H3. The molecular formula is C13H26N2O. The van der Waals surface area contributed by atoms with E-state index in [2.05, 4.69) is 17.1 Å².